The van der Waals surface area contributed by atoms with Crippen LogP contribution in [0.3, 0.4) is 0 Å². The maximum Gasteiger partial charge on any atom is 0.373 e. The van der Waals surface area contributed by atoms with Gasteiger partial charge in [0.25, 0.3) is 0 Å². The van der Waals surface area contributed by atoms with Crippen LogP contribution in [0.5, 0.6) is 0 Å². The van der Waals surface area contributed by atoms with Crippen LogP contribution in [0.2, 0.25) is 5.02 Å². The summed E-state index contributed by atoms with van der Waals surface area (Å²) in [5, 5.41) is 15.3. The Morgan fingerprint density at radius 1 is 1.16 bits per heavy atom. The molecule has 0 atom stereocenters. The van der Waals surface area contributed by atoms with Crippen LogP contribution >= 0.6 is 11.6 Å². The molecule has 1 aliphatic rings. The van der Waals surface area contributed by atoms with Crippen molar-refractivity contribution in [2.45, 2.75) is 59.3 Å². The van der Waals surface area contributed by atoms with Crippen molar-refractivity contribution in [2.75, 3.05) is 24.2 Å². The molecule has 1 aliphatic heterocycles. The largest absolute Gasteiger partial charge is 0.481 e. The summed E-state index contributed by atoms with van der Waals surface area (Å²) in [6, 6.07) is 7.80. The number of aromatic nitrogens is 1. The minimum absolute atomic E-state index is 0.0248. The van der Waals surface area contributed by atoms with Gasteiger partial charge >= 0.3 is 12.1 Å². The zero-order valence-corrected chi connectivity index (χ0v) is 23.3. The Balaban J connectivity index is 0.000000751. The first-order valence-electron chi connectivity index (χ1n) is 11.9. The number of anilines is 1. The van der Waals surface area contributed by atoms with E-state index in [1.165, 1.54) is 11.1 Å². The molecule has 0 unspecified atom stereocenters. The summed E-state index contributed by atoms with van der Waals surface area (Å²) in [6.45, 7) is 9.90. The number of aliphatic carboxylic acids is 1. The lowest BCUT2D eigenvalue weighted by molar-refractivity contribution is -0.191. The maximum atomic E-state index is 12.3. The monoisotopic (exact) mass is 553 g/mol. The Hall–Kier alpha value is -2.78. The molecule has 0 fully saturated rings. The summed E-state index contributed by atoms with van der Waals surface area (Å²) >= 11 is 6.47. The fourth-order valence-corrected chi connectivity index (χ4v) is 5.99. The first kappa shape index (κ1) is 32.2. The maximum absolute atomic E-state index is 12.3. The number of hydrogen-bond acceptors (Lipinski definition) is 8. The van der Waals surface area contributed by atoms with E-state index in [9.17, 15) is 13.2 Å². The second-order valence-corrected chi connectivity index (χ2v) is 12.2. The van der Waals surface area contributed by atoms with Crippen molar-refractivity contribution in [2.24, 2.45) is 5.41 Å². The summed E-state index contributed by atoms with van der Waals surface area (Å²) in [7, 11) is -3.18. The molecule has 3 rings (SSSR count). The van der Waals surface area contributed by atoms with Crippen molar-refractivity contribution in [3.63, 3.8) is 0 Å². The number of carbonyl (C=O) groups is 1. The van der Waals surface area contributed by atoms with Gasteiger partial charge < -0.3 is 15.7 Å². The number of halogens is 1. The van der Waals surface area contributed by atoms with E-state index in [-0.39, 0.29) is 29.5 Å². The fourth-order valence-electron chi connectivity index (χ4n) is 3.71. The van der Waals surface area contributed by atoms with Crippen molar-refractivity contribution in [1.82, 2.24) is 10.3 Å². The van der Waals surface area contributed by atoms with Crippen LogP contribution in [-0.4, -0.2) is 49.5 Å². The summed E-state index contributed by atoms with van der Waals surface area (Å²) in [5.74, 6) is -0.620. The van der Waals surface area contributed by atoms with Gasteiger partial charge in [-0.15, -0.1) is 0 Å². The van der Waals surface area contributed by atoms with Crippen LogP contribution in [0.25, 0.3) is 0 Å². The third kappa shape index (κ3) is 12.8. The van der Waals surface area contributed by atoms with Gasteiger partial charge in [0.2, 0.25) is 0 Å². The molecule has 0 amide bonds. The molecule has 9 nitrogen and oxygen atoms in total. The van der Waals surface area contributed by atoms with E-state index in [2.05, 4.69) is 21.7 Å². The van der Waals surface area contributed by atoms with Gasteiger partial charge in [-0.1, -0.05) is 51.4 Å². The highest BCUT2D eigenvalue weighted by Gasteiger charge is 2.22. The van der Waals surface area contributed by atoms with E-state index in [4.69, 9.17) is 26.3 Å². The van der Waals surface area contributed by atoms with Crippen LogP contribution in [0.4, 0.5) is 5.69 Å². The Labute approximate surface area is 223 Å². The van der Waals surface area contributed by atoms with Crippen molar-refractivity contribution < 1.29 is 27.9 Å². The average molecular weight is 554 g/mol. The third-order valence-electron chi connectivity index (χ3n) is 5.16. The molecule has 0 saturated carbocycles. The van der Waals surface area contributed by atoms with E-state index in [0.29, 0.717) is 12.2 Å². The topological polar surface area (TPSA) is 143 Å². The molecular formula is C26H36ClN3O6S. The van der Waals surface area contributed by atoms with Gasteiger partial charge in [-0.2, -0.15) is 9.59 Å². The molecule has 2 heterocycles. The highest BCUT2D eigenvalue weighted by atomic mass is 35.5. The Morgan fingerprint density at radius 3 is 2.32 bits per heavy atom. The predicted molar refractivity (Wildman–Crippen MR) is 143 cm³/mol. The van der Waals surface area contributed by atoms with Crippen LogP contribution in [0, 0.1) is 5.41 Å². The van der Waals surface area contributed by atoms with E-state index < -0.39 is 15.8 Å². The molecule has 0 aliphatic carbocycles. The van der Waals surface area contributed by atoms with Crippen LogP contribution < -0.4 is 10.6 Å². The lowest BCUT2D eigenvalue weighted by Crippen LogP contribution is -2.22. The molecule has 0 spiro atoms. The molecule has 37 heavy (non-hydrogen) atoms. The molecule has 2 aromatic rings. The SMILES string of the molecule is CC(C)(C)CS(=O)(=O)Cc1ccc(CNc2c(Cl)ccc3c2CCNCC3)cn1.CCC(=O)O.O=C=O. The quantitative estimate of drug-likeness (QED) is 0.465. The molecule has 11 heteroatoms. The summed E-state index contributed by atoms with van der Waals surface area (Å²) in [4.78, 5) is 30.0. The number of carboxylic acids is 1. The molecule has 204 valence electrons. The van der Waals surface area contributed by atoms with Crippen molar-refractivity contribution in [1.29, 1.82) is 0 Å². The normalized spacial score (nSPS) is 12.9. The number of rotatable bonds is 7. The lowest BCUT2D eigenvalue weighted by Gasteiger charge is -2.18. The molecule has 0 bridgehead atoms. The summed E-state index contributed by atoms with van der Waals surface area (Å²) in [6.07, 6.45) is 4.16. The summed E-state index contributed by atoms with van der Waals surface area (Å²) in [5.41, 5.74) is 4.91. The van der Waals surface area contributed by atoms with E-state index in [1.807, 2.05) is 32.9 Å². The Bertz CT molecular complexity index is 1160. The smallest absolute Gasteiger partial charge is 0.373 e. The van der Waals surface area contributed by atoms with Crippen molar-refractivity contribution in [3.05, 3.63) is 57.9 Å². The highest BCUT2D eigenvalue weighted by molar-refractivity contribution is 7.90. The first-order chi connectivity index (χ1) is 17.3. The van der Waals surface area contributed by atoms with Crippen LogP contribution in [-0.2, 0) is 49.4 Å². The van der Waals surface area contributed by atoms with Gasteiger partial charge in [-0.25, -0.2) is 8.42 Å². The number of nitrogens with zero attached hydrogens (tertiary/aromatic N) is 1. The zero-order valence-electron chi connectivity index (χ0n) is 21.8. The second kappa shape index (κ2) is 15.5. The van der Waals surface area contributed by atoms with Crippen molar-refractivity contribution in [3.8, 4) is 0 Å². The molecule has 1 aromatic heterocycles. The molecule has 1 aromatic carbocycles. The number of benzene rings is 1. The standard InChI is InChI=1S/C22H30ClN3O2S.C3H6O2.CO2/c1-22(2,3)15-29(27,28)14-18-6-4-16(12-25-18)13-26-21-19-9-11-24-10-8-17(19)5-7-20(21)23;1-2-3(4)5;2-1-3/h4-7,12,24,26H,8-11,13-15H2,1-3H3;2H2,1H3,(H,4,5);. The predicted octanol–water partition coefficient (Wildman–Crippen LogP) is 3.89. The fraction of sp³-hybridized carbons (Fsp3) is 0.500. The van der Waals surface area contributed by atoms with Crippen LogP contribution in [0.15, 0.2) is 30.5 Å². The lowest BCUT2D eigenvalue weighted by atomic mass is 10.0. The summed E-state index contributed by atoms with van der Waals surface area (Å²) < 4.78 is 24.7. The van der Waals surface area contributed by atoms with E-state index >= 15 is 0 Å². The highest BCUT2D eigenvalue weighted by Crippen LogP contribution is 2.31. The van der Waals surface area contributed by atoms with Gasteiger partial charge in [-0.3, -0.25) is 9.78 Å². The zero-order chi connectivity index (χ0) is 28.1. The van der Waals surface area contributed by atoms with E-state index in [0.717, 1.165) is 42.2 Å². The van der Waals surface area contributed by atoms with Gasteiger partial charge in [0.05, 0.1) is 27.9 Å². The number of carboxylic acid groups (broad SMARTS) is 1. The van der Waals surface area contributed by atoms with Gasteiger partial charge in [-0.05, 0) is 60.2 Å². The minimum atomic E-state index is -3.18. The average Bonchev–Trinajstić information content (AvgIpc) is 3.04. The number of hydrogen-bond donors (Lipinski definition) is 3. The second-order valence-electron chi connectivity index (χ2n) is 9.74. The number of fused-ring (bicyclic) bond motifs is 1. The van der Waals surface area contributed by atoms with Gasteiger partial charge in [0.15, 0.2) is 9.84 Å². The number of sulfone groups is 1. The first-order valence-corrected chi connectivity index (χ1v) is 14.1. The van der Waals surface area contributed by atoms with Crippen LogP contribution in [0.1, 0.15) is 56.5 Å². The molecular weight excluding hydrogens is 518 g/mol. The molecule has 3 N–H and O–H groups in total. The van der Waals surface area contributed by atoms with Gasteiger partial charge in [0, 0.05) is 19.2 Å². The van der Waals surface area contributed by atoms with Crippen molar-refractivity contribution >= 4 is 39.2 Å². The Kier molecular flexibility index (Phi) is 13.5. The third-order valence-corrected chi connectivity index (χ3v) is 7.52. The number of pyridine rings is 1. The minimum Gasteiger partial charge on any atom is -0.481 e. The Morgan fingerprint density at radius 2 is 1.78 bits per heavy atom. The van der Waals surface area contributed by atoms with E-state index in [1.54, 1.807) is 19.2 Å². The number of nitrogens with one attached hydrogen (secondary N) is 2. The molecule has 0 saturated heterocycles. The number of carbonyl (C=O) groups excluding carboxylic acids is 2. The van der Waals surface area contributed by atoms with Gasteiger partial charge in [0.1, 0.15) is 0 Å². The molecule has 0 radical (unpaired) electrons.